The Balaban J connectivity index is 2.01. The van der Waals surface area contributed by atoms with Crippen LogP contribution in [0.15, 0.2) is 46.9 Å². The minimum atomic E-state index is -1.04. The maximum Gasteiger partial charge on any atom is 0.341 e. The summed E-state index contributed by atoms with van der Waals surface area (Å²) in [6.45, 7) is 1.44. The van der Waals surface area contributed by atoms with E-state index in [1.165, 1.54) is 37.3 Å². The van der Waals surface area contributed by atoms with Crippen LogP contribution in [0.3, 0.4) is 0 Å². The van der Waals surface area contributed by atoms with Crippen molar-refractivity contribution in [3.05, 3.63) is 58.3 Å². The lowest BCUT2D eigenvalue weighted by Gasteiger charge is -2.14. The van der Waals surface area contributed by atoms with Crippen LogP contribution in [0, 0.1) is 5.82 Å². The summed E-state index contributed by atoms with van der Waals surface area (Å²) in [5.41, 5.74) is 6.55. The molecule has 2 rings (SSSR count). The van der Waals surface area contributed by atoms with E-state index in [9.17, 15) is 14.0 Å². The topological polar surface area (TPSA) is 81.4 Å². The summed E-state index contributed by atoms with van der Waals surface area (Å²) in [5.74, 6) is -1.64. The molecule has 1 atom stereocenters. The van der Waals surface area contributed by atoms with E-state index in [2.05, 4.69) is 21.2 Å². The van der Waals surface area contributed by atoms with Crippen molar-refractivity contribution in [3.63, 3.8) is 0 Å². The number of benzene rings is 2. The molecular weight excluding hydrogens is 367 g/mol. The second-order valence-electron chi connectivity index (χ2n) is 4.78. The van der Waals surface area contributed by atoms with Crippen LogP contribution in [0.1, 0.15) is 17.3 Å². The highest BCUT2D eigenvalue weighted by Crippen LogP contribution is 2.20. The van der Waals surface area contributed by atoms with E-state index in [0.717, 1.165) is 0 Å². The Morgan fingerprint density at radius 3 is 2.52 bits per heavy atom. The van der Waals surface area contributed by atoms with Crippen LogP contribution in [0.5, 0.6) is 0 Å². The van der Waals surface area contributed by atoms with Crippen molar-refractivity contribution in [2.45, 2.75) is 13.0 Å². The van der Waals surface area contributed by atoms with Crippen molar-refractivity contribution in [1.29, 1.82) is 0 Å². The lowest BCUT2D eigenvalue weighted by molar-refractivity contribution is -0.123. The zero-order valence-corrected chi connectivity index (χ0v) is 13.8. The van der Waals surface area contributed by atoms with Gasteiger partial charge in [0.1, 0.15) is 5.82 Å². The van der Waals surface area contributed by atoms with Gasteiger partial charge in [0.25, 0.3) is 5.91 Å². The van der Waals surface area contributed by atoms with Crippen LogP contribution >= 0.6 is 15.9 Å². The molecule has 5 nitrogen and oxygen atoms in total. The van der Waals surface area contributed by atoms with Gasteiger partial charge in [-0.2, -0.15) is 0 Å². The molecule has 7 heteroatoms. The number of hydrogen-bond donors (Lipinski definition) is 2. The van der Waals surface area contributed by atoms with Gasteiger partial charge < -0.3 is 15.8 Å². The number of halogens is 2. The minimum absolute atomic E-state index is 0.167. The quantitative estimate of drug-likeness (QED) is 0.629. The Kier molecular flexibility index (Phi) is 5.33. The SMILES string of the molecule is C[C@H](OC(=O)c1cc(Br)ccc1N)C(=O)Nc1ccc(F)cc1. The van der Waals surface area contributed by atoms with E-state index in [4.69, 9.17) is 10.5 Å². The molecule has 3 N–H and O–H groups in total. The Hall–Kier alpha value is -2.41. The first-order chi connectivity index (χ1) is 10.9. The molecule has 0 radical (unpaired) electrons. The molecule has 0 aliphatic rings. The lowest BCUT2D eigenvalue weighted by Crippen LogP contribution is -2.30. The van der Waals surface area contributed by atoms with Crippen molar-refractivity contribution < 1.29 is 18.7 Å². The molecule has 120 valence electrons. The average Bonchev–Trinajstić information content (AvgIpc) is 2.51. The first kappa shape index (κ1) is 17.0. The van der Waals surface area contributed by atoms with Crippen molar-refractivity contribution in [1.82, 2.24) is 0 Å². The van der Waals surface area contributed by atoms with Crippen LogP contribution in [0.2, 0.25) is 0 Å². The van der Waals surface area contributed by atoms with E-state index in [1.54, 1.807) is 12.1 Å². The van der Waals surface area contributed by atoms with Gasteiger partial charge in [-0.05, 0) is 49.4 Å². The first-order valence-corrected chi connectivity index (χ1v) is 7.48. The molecule has 23 heavy (non-hydrogen) atoms. The highest BCUT2D eigenvalue weighted by Gasteiger charge is 2.20. The standard InChI is InChI=1S/C16H14BrFN2O3/c1-9(15(21)20-12-5-3-11(18)4-6-12)23-16(22)13-8-10(17)2-7-14(13)19/h2-9H,19H2,1H3,(H,20,21)/t9-/m0/s1. The molecule has 0 aliphatic heterocycles. The number of hydrogen-bond acceptors (Lipinski definition) is 4. The summed E-state index contributed by atoms with van der Waals surface area (Å²) >= 11 is 3.24. The summed E-state index contributed by atoms with van der Waals surface area (Å²) < 4.78 is 18.6. The third-order valence-corrected chi connectivity index (χ3v) is 3.49. The third kappa shape index (κ3) is 4.53. The fourth-order valence-corrected chi connectivity index (χ4v) is 2.12. The van der Waals surface area contributed by atoms with Crippen molar-refractivity contribution in [2.75, 3.05) is 11.1 Å². The van der Waals surface area contributed by atoms with Gasteiger partial charge in [-0.25, -0.2) is 9.18 Å². The molecule has 0 saturated carbocycles. The van der Waals surface area contributed by atoms with Crippen LogP contribution < -0.4 is 11.1 Å². The molecule has 0 unspecified atom stereocenters. The fourth-order valence-electron chi connectivity index (χ4n) is 1.76. The molecular formula is C16H14BrFN2O3. The second kappa shape index (κ2) is 7.23. The summed E-state index contributed by atoms with van der Waals surface area (Å²) in [6, 6.07) is 10.0. The number of carbonyl (C=O) groups excluding carboxylic acids is 2. The number of anilines is 2. The Morgan fingerprint density at radius 2 is 1.87 bits per heavy atom. The maximum atomic E-state index is 12.8. The van der Waals surface area contributed by atoms with Crippen molar-refractivity contribution in [3.8, 4) is 0 Å². The van der Waals surface area contributed by atoms with E-state index >= 15 is 0 Å². The highest BCUT2D eigenvalue weighted by molar-refractivity contribution is 9.10. The second-order valence-corrected chi connectivity index (χ2v) is 5.69. The number of nitrogen functional groups attached to an aromatic ring is 1. The van der Waals surface area contributed by atoms with Crippen LogP contribution in [-0.4, -0.2) is 18.0 Å². The molecule has 2 aromatic carbocycles. The van der Waals surface area contributed by atoms with Crippen LogP contribution in [-0.2, 0) is 9.53 Å². The van der Waals surface area contributed by atoms with E-state index < -0.39 is 23.8 Å². The van der Waals surface area contributed by atoms with Crippen molar-refractivity contribution in [2.24, 2.45) is 0 Å². The summed E-state index contributed by atoms with van der Waals surface area (Å²) in [4.78, 5) is 24.1. The van der Waals surface area contributed by atoms with Gasteiger partial charge in [-0.1, -0.05) is 15.9 Å². The first-order valence-electron chi connectivity index (χ1n) is 6.69. The summed E-state index contributed by atoms with van der Waals surface area (Å²) in [5, 5.41) is 2.53. The predicted octanol–water partition coefficient (Wildman–Crippen LogP) is 3.35. The molecule has 1 amide bonds. The normalized spacial score (nSPS) is 11.6. The predicted molar refractivity (Wildman–Crippen MR) is 88.5 cm³/mol. The molecule has 0 fully saturated rings. The molecule has 0 aromatic heterocycles. The number of amides is 1. The van der Waals surface area contributed by atoms with Gasteiger partial charge in [0.05, 0.1) is 5.56 Å². The molecule has 0 bridgehead atoms. The fraction of sp³-hybridized carbons (Fsp3) is 0.125. The van der Waals surface area contributed by atoms with E-state index in [0.29, 0.717) is 10.2 Å². The van der Waals surface area contributed by atoms with Gasteiger partial charge in [0.15, 0.2) is 6.10 Å². The Labute approximate surface area is 140 Å². The number of nitrogens with two attached hydrogens (primary N) is 1. The molecule has 0 aliphatic carbocycles. The number of rotatable bonds is 4. The average molecular weight is 381 g/mol. The Bertz CT molecular complexity index is 735. The van der Waals surface area contributed by atoms with Gasteiger partial charge in [-0.15, -0.1) is 0 Å². The van der Waals surface area contributed by atoms with E-state index in [-0.39, 0.29) is 11.3 Å². The molecule has 2 aromatic rings. The number of ether oxygens (including phenoxy) is 1. The van der Waals surface area contributed by atoms with E-state index in [1.807, 2.05) is 0 Å². The van der Waals surface area contributed by atoms with Crippen LogP contribution in [0.25, 0.3) is 0 Å². The monoisotopic (exact) mass is 380 g/mol. The van der Waals surface area contributed by atoms with Gasteiger partial charge >= 0.3 is 5.97 Å². The third-order valence-electron chi connectivity index (χ3n) is 3.00. The summed E-state index contributed by atoms with van der Waals surface area (Å²) in [6.07, 6.45) is -1.04. The highest BCUT2D eigenvalue weighted by atomic mass is 79.9. The number of esters is 1. The Morgan fingerprint density at radius 1 is 1.22 bits per heavy atom. The zero-order chi connectivity index (χ0) is 17.0. The largest absolute Gasteiger partial charge is 0.449 e. The minimum Gasteiger partial charge on any atom is -0.449 e. The van der Waals surface area contributed by atoms with Gasteiger partial charge in [0.2, 0.25) is 0 Å². The smallest absolute Gasteiger partial charge is 0.341 e. The molecule has 0 heterocycles. The summed E-state index contributed by atoms with van der Waals surface area (Å²) in [7, 11) is 0. The maximum absolute atomic E-state index is 12.8. The number of carbonyl (C=O) groups is 2. The lowest BCUT2D eigenvalue weighted by atomic mass is 10.2. The van der Waals surface area contributed by atoms with Crippen LogP contribution in [0.4, 0.5) is 15.8 Å². The molecule has 0 spiro atoms. The zero-order valence-electron chi connectivity index (χ0n) is 12.2. The van der Waals surface area contributed by atoms with Gasteiger partial charge in [-0.3, -0.25) is 4.79 Å². The number of nitrogens with one attached hydrogen (secondary N) is 1. The van der Waals surface area contributed by atoms with Crippen molar-refractivity contribution >= 4 is 39.2 Å². The molecule has 0 saturated heterocycles. The van der Waals surface area contributed by atoms with Gasteiger partial charge in [0, 0.05) is 15.8 Å².